The SMILES string of the molecule is CCOC(=O)c1cc(NC(=O)c2cc(NC(=O)c3cc([N+](=O)[O-])cn3COC)cn2COC)cn1COC. The van der Waals surface area contributed by atoms with E-state index in [4.69, 9.17) is 18.9 Å². The number of nitrogens with zero attached hydrogens (tertiary/aromatic N) is 4. The highest BCUT2D eigenvalue weighted by atomic mass is 16.6. The summed E-state index contributed by atoms with van der Waals surface area (Å²) in [6.45, 7) is 1.83. The van der Waals surface area contributed by atoms with Gasteiger partial charge in [0.25, 0.3) is 17.5 Å². The molecule has 0 aliphatic heterocycles. The van der Waals surface area contributed by atoms with Gasteiger partial charge in [0.1, 0.15) is 37.3 Å². The van der Waals surface area contributed by atoms with Gasteiger partial charge in [-0.1, -0.05) is 0 Å². The highest BCUT2D eigenvalue weighted by Crippen LogP contribution is 2.22. The lowest BCUT2D eigenvalue weighted by Crippen LogP contribution is -2.17. The van der Waals surface area contributed by atoms with Crippen molar-refractivity contribution in [3.63, 3.8) is 0 Å². The van der Waals surface area contributed by atoms with Gasteiger partial charge in [-0.2, -0.15) is 0 Å². The van der Waals surface area contributed by atoms with E-state index < -0.39 is 22.7 Å². The quantitative estimate of drug-likeness (QED) is 0.191. The van der Waals surface area contributed by atoms with Crippen LogP contribution in [-0.2, 0) is 39.1 Å². The van der Waals surface area contributed by atoms with Crippen molar-refractivity contribution < 1.29 is 38.3 Å². The maximum atomic E-state index is 13.1. The molecule has 3 aromatic rings. The summed E-state index contributed by atoms with van der Waals surface area (Å²) in [6.07, 6.45) is 4.19. The number of aromatic nitrogens is 3. The van der Waals surface area contributed by atoms with Crippen LogP contribution >= 0.6 is 0 Å². The molecule has 0 saturated heterocycles. The van der Waals surface area contributed by atoms with Gasteiger partial charge in [-0.15, -0.1) is 0 Å². The summed E-state index contributed by atoms with van der Waals surface area (Å²) in [7, 11) is 4.29. The molecule has 0 aliphatic carbocycles. The summed E-state index contributed by atoms with van der Waals surface area (Å²) in [6, 6.07) is 4.00. The molecule has 0 aliphatic rings. The number of carbonyl (C=O) groups is 3. The standard InChI is InChI=1S/C23H28N6O9/c1-5-38-23(32)20-7-16(10-27(20)13-36-3)25-21(30)18-6-15(9-26(18)12-35-2)24-22(31)19-8-17(29(33)34)11-28(19)14-37-4/h6-11H,5,12-14H2,1-4H3,(H,24,31)(H,25,30). The van der Waals surface area contributed by atoms with Gasteiger partial charge in [0, 0.05) is 39.8 Å². The molecule has 15 heteroatoms. The fraction of sp³-hybridized carbons (Fsp3) is 0.348. The topological polar surface area (TPSA) is 170 Å². The van der Waals surface area contributed by atoms with Gasteiger partial charge in [-0.25, -0.2) is 4.79 Å². The Bertz CT molecular complexity index is 1320. The molecule has 15 nitrogen and oxygen atoms in total. The second kappa shape index (κ2) is 12.7. The van der Waals surface area contributed by atoms with Crippen LogP contribution in [0.4, 0.5) is 17.1 Å². The van der Waals surface area contributed by atoms with Crippen LogP contribution in [0.5, 0.6) is 0 Å². The van der Waals surface area contributed by atoms with Crippen molar-refractivity contribution in [2.45, 2.75) is 27.1 Å². The van der Waals surface area contributed by atoms with Crippen LogP contribution in [0.2, 0.25) is 0 Å². The van der Waals surface area contributed by atoms with E-state index in [0.717, 1.165) is 6.07 Å². The number of hydrogen-bond donors (Lipinski definition) is 2. The summed E-state index contributed by atoms with van der Waals surface area (Å²) in [5, 5.41) is 16.5. The summed E-state index contributed by atoms with van der Waals surface area (Å²) < 4.78 is 24.6. The lowest BCUT2D eigenvalue weighted by Gasteiger charge is -2.07. The molecule has 0 bridgehead atoms. The van der Waals surface area contributed by atoms with Crippen molar-refractivity contribution in [1.82, 2.24) is 13.7 Å². The van der Waals surface area contributed by atoms with Gasteiger partial charge in [-0.3, -0.25) is 19.7 Å². The smallest absolute Gasteiger partial charge is 0.355 e. The average Bonchev–Trinajstić information content (AvgIpc) is 3.57. The fourth-order valence-corrected chi connectivity index (χ4v) is 3.64. The van der Waals surface area contributed by atoms with Crippen LogP contribution in [0.3, 0.4) is 0 Å². The number of nitro groups is 1. The second-order valence-corrected chi connectivity index (χ2v) is 7.86. The molecule has 0 unspecified atom stereocenters. The Labute approximate surface area is 217 Å². The van der Waals surface area contributed by atoms with Crippen molar-refractivity contribution in [3.8, 4) is 0 Å². The molecule has 2 N–H and O–H groups in total. The van der Waals surface area contributed by atoms with Crippen LogP contribution in [-0.4, -0.2) is 64.3 Å². The van der Waals surface area contributed by atoms with Gasteiger partial charge in [-0.05, 0) is 19.1 Å². The van der Waals surface area contributed by atoms with E-state index in [2.05, 4.69) is 10.6 Å². The Morgan fingerprint density at radius 3 is 1.71 bits per heavy atom. The summed E-state index contributed by atoms with van der Waals surface area (Å²) in [4.78, 5) is 48.8. The van der Waals surface area contributed by atoms with Gasteiger partial charge < -0.3 is 43.3 Å². The van der Waals surface area contributed by atoms with E-state index in [1.54, 1.807) is 6.92 Å². The first-order valence-electron chi connectivity index (χ1n) is 11.2. The van der Waals surface area contributed by atoms with Gasteiger partial charge in [0.15, 0.2) is 0 Å². The van der Waals surface area contributed by atoms with Gasteiger partial charge in [0.05, 0.1) is 29.1 Å². The molecule has 0 aromatic carbocycles. The lowest BCUT2D eigenvalue weighted by atomic mass is 10.3. The largest absolute Gasteiger partial charge is 0.461 e. The van der Waals surface area contributed by atoms with E-state index in [0.29, 0.717) is 5.69 Å². The van der Waals surface area contributed by atoms with Crippen molar-refractivity contribution in [2.75, 3.05) is 38.6 Å². The Hall–Kier alpha value is -4.47. The van der Waals surface area contributed by atoms with E-state index in [-0.39, 0.29) is 55.3 Å². The molecule has 2 amide bonds. The number of amides is 2. The van der Waals surface area contributed by atoms with E-state index in [1.807, 2.05) is 0 Å². The van der Waals surface area contributed by atoms with Crippen molar-refractivity contribution in [2.24, 2.45) is 0 Å². The van der Waals surface area contributed by atoms with Crippen LogP contribution in [0.1, 0.15) is 38.4 Å². The van der Waals surface area contributed by atoms with Crippen LogP contribution in [0.15, 0.2) is 36.8 Å². The van der Waals surface area contributed by atoms with Crippen molar-refractivity contribution in [3.05, 3.63) is 64.0 Å². The first-order chi connectivity index (χ1) is 18.2. The first-order valence-corrected chi connectivity index (χ1v) is 11.2. The molecular formula is C23H28N6O9. The Kier molecular flexibility index (Phi) is 9.37. The molecule has 0 saturated carbocycles. The predicted molar refractivity (Wildman–Crippen MR) is 133 cm³/mol. The third-order valence-corrected chi connectivity index (χ3v) is 5.16. The monoisotopic (exact) mass is 532 g/mol. The molecule has 0 radical (unpaired) electrons. The number of carbonyl (C=O) groups excluding carboxylic acids is 3. The Morgan fingerprint density at radius 2 is 1.24 bits per heavy atom. The third kappa shape index (κ3) is 6.44. The number of ether oxygens (including phenoxy) is 4. The molecule has 0 fully saturated rings. The van der Waals surface area contributed by atoms with E-state index >= 15 is 0 Å². The maximum absolute atomic E-state index is 13.1. The number of anilines is 2. The normalized spacial score (nSPS) is 10.8. The summed E-state index contributed by atoms with van der Waals surface area (Å²) in [5.74, 6) is -1.77. The third-order valence-electron chi connectivity index (χ3n) is 5.16. The van der Waals surface area contributed by atoms with E-state index in [1.165, 1.54) is 65.8 Å². The molecule has 38 heavy (non-hydrogen) atoms. The molecule has 3 heterocycles. The van der Waals surface area contributed by atoms with Crippen LogP contribution in [0.25, 0.3) is 0 Å². The highest BCUT2D eigenvalue weighted by Gasteiger charge is 2.22. The molecule has 204 valence electrons. The average molecular weight is 533 g/mol. The molecule has 3 aromatic heterocycles. The number of esters is 1. The maximum Gasteiger partial charge on any atom is 0.355 e. The van der Waals surface area contributed by atoms with E-state index in [9.17, 15) is 24.5 Å². The van der Waals surface area contributed by atoms with Crippen LogP contribution < -0.4 is 10.6 Å². The molecular weight excluding hydrogens is 504 g/mol. The number of methoxy groups -OCH3 is 3. The summed E-state index contributed by atoms with van der Waals surface area (Å²) >= 11 is 0. The van der Waals surface area contributed by atoms with Gasteiger partial charge in [0.2, 0.25) is 0 Å². The zero-order valence-electron chi connectivity index (χ0n) is 21.3. The zero-order valence-corrected chi connectivity index (χ0v) is 21.3. The number of nitrogens with one attached hydrogen (secondary N) is 2. The minimum atomic E-state index is -0.646. The first kappa shape index (κ1) is 28.1. The molecule has 0 atom stereocenters. The molecule has 0 spiro atoms. The minimum absolute atomic E-state index is 0.00461. The highest BCUT2D eigenvalue weighted by molar-refractivity contribution is 6.07. The van der Waals surface area contributed by atoms with Crippen LogP contribution in [0, 0.1) is 10.1 Å². The second-order valence-electron chi connectivity index (χ2n) is 7.86. The van der Waals surface area contributed by atoms with Crippen molar-refractivity contribution in [1.29, 1.82) is 0 Å². The number of hydrogen-bond acceptors (Lipinski definition) is 9. The predicted octanol–water partition coefficient (Wildman–Crippen LogP) is 2.49. The Balaban J connectivity index is 1.84. The molecule has 3 rings (SSSR count). The zero-order chi connectivity index (χ0) is 27.8. The fourth-order valence-electron chi connectivity index (χ4n) is 3.64. The lowest BCUT2D eigenvalue weighted by molar-refractivity contribution is -0.384. The summed E-state index contributed by atoms with van der Waals surface area (Å²) in [5.41, 5.74) is 0.613. The van der Waals surface area contributed by atoms with Crippen molar-refractivity contribution >= 4 is 34.8 Å². The Morgan fingerprint density at radius 1 is 0.789 bits per heavy atom. The minimum Gasteiger partial charge on any atom is -0.461 e. The van der Waals surface area contributed by atoms with Gasteiger partial charge >= 0.3 is 5.97 Å². The number of rotatable bonds is 13.